The van der Waals surface area contributed by atoms with Gasteiger partial charge in [-0.05, 0) is 33.6 Å². The molecule has 1 heterocycles. The molecule has 0 unspecified atom stereocenters. The summed E-state index contributed by atoms with van der Waals surface area (Å²) in [6.45, 7) is 0.426. The van der Waals surface area contributed by atoms with E-state index >= 15 is 0 Å². The van der Waals surface area contributed by atoms with E-state index < -0.39 is 0 Å². The van der Waals surface area contributed by atoms with Crippen LogP contribution in [0, 0.1) is 0 Å². The Labute approximate surface area is 123 Å². The Morgan fingerprint density at radius 3 is 2.75 bits per heavy atom. The maximum atomic E-state index is 11.4. The summed E-state index contributed by atoms with van der Waals surface area (Å²) in [5.74, 6) is 0.594. The number of nitrogens with zero attached hydrogens (tertiary/aromatic N) is 1. The average Bonchev–Trinajstić information content (AvgIpc) is 2.47. The fourth-order valence-corrected chi connectivity index (χ4v) is 2.37. The molecule has 0 bridgehead atoms. The molecule has 1 N–H and O–H groups in total. The number of aromatic nitrogens is 2. The molecule has 0 aliphatic rings. The van der Waals surface area contributed by atoms with Gasteiger partial charge < -0.3 is 9.72 Å². The smallest absolute Gasteiger partial charge is 0.266 e. The van der Waals surface area contributed by atoms with Crippen LogP contribution in [-0.4, -0.2) is 9.97 Å². The van der Waals surface area contributed by atoms with Crippen molar-refractivity contribution in [3.8, 4) is 5.75 Å². The van der Waals surface area contributed by atoms with Crippen molar-refractivity contribution in [2.24, 2.45) is 0 Å². The zero-order valence-electron chi connectivity index (χ0n) is 10.5. The fraction of sp³-hybridized carbons (Fsp3) is 0.0667. The number of H-pyrrole nitrogens is 1. The second-order valence-electron chi connectivity index (χ2n) is 4.29. The highest BCUT2D eigenvalue weighted by Gasteiger charge is 2.09. The van der Waals surface area contributed by atoms with E-state index in [1.807, 2.05) is 42.5 Å². The molecule has 1 aromatic heterocycles. The lowest BCUT2D eigenvalue weighted by molar-refractivity contribution is 0.307. The lowest BCUT2D eigenvalue weighted by atomic mass is 10.2. The minimum absolute atomic E-state index is 0.250. The number of nitrogens with one attached hydrogen (secondary N) is 1. The number of halogens is 1. The average molecular weight is 331 g/mol. The number of fused-ring (bicyclic) bond motifs is 1. The van der Waals surface area contributed by atoms with Gasteiger partial charge in [0.15, 0.2) is 5.75 Å². The highest BCUT2D eigenvalue weighted by molar-refractivity contribution is 9.10. The van der Waals surface area contributed by atoms with Gasteiger partial charge in [0.1, 0.15) is 12.1 Å². The first-order chi connectivity index (χ1) is 9.74. The number of benzene rings is 2. The topological polar surface area (TPSA) is 55.0 Å². The van der Waals surface area contributed by atoms with Crippen molar-refractivity contribution in [3.63, 3.8) is 0 Å². The highest BCUT2D eigenvalue weighted by Crippen LogP contribution is 2.31. The molecule has 0 atom stereocenters. The number of rotatable bonds is 3. The summed E-state index contributed by atoms with van der Waals surface area (Å²) >= 11 is 3.44. The fourth-order valence-electron chi connectivity index (χ4n) is 1.93. The van der Waals surface area contributed by atoms with Gasteiger partial charge in [0.05, 0.1) is 16.2 Å². The van der Waals surface area contributed by atoms with Gasteiger partial charge in [0, 0.05) is 0 Å². The molecule has 2 aromatic carbocycles. The summed E-state index contributed by atoms with van der Waals surface area (Å²) in [5.41, 5.74) is 2.10. The standard InChI is InChI=1S/C15H11BrN2O2/c16-11-6-7-12-14(18-13(19)8-17-12)15(11)20-9-10-4-2-1-3-5-10/h1-8H,9H2,(H,18,19). The van der Waals surface area contributed by atoms with Crippen molar-refractivity contribution in [2.75, 3.05) is 0 Å². The van der Waals surface area contributed by atoms with Crippen LogP contribution in [0.15, 0.2) is 57.9 Å². The molecule has 3 aromatic rings. The Morgan fingerprint density at radius 2 is 1.95 bits per heavy atom. The summed E-state index contributed by atoms with van der Waals surface area (Å²) in [4.78, 5) is 18.3. The van der Waals surface area contributed by atoms with Crippen molar-refractivity contribution >= 4 is 27.0 Å². The number of ether oxygens (including phenoxy) is 1. The highest BCUT2D eigenvalue weighted by atomic mass is 79.9. The molecule has 100 valence electrons. The van der Waals surface area contributed by atoms with Gasteiger partial charge in [-0.1, -0.05) is 30.3 Å². The quantitative estimate of drug-likeness (QED) is 0.801. The third-order valence-electron chi connectivity index (χ3n) is 2.88. The van der Waals surface area contributed by atoms with Gasteiger partial charge in [0.2, 0.25) is 0 Å². The van der Waals surface area contributed by atoms with Gasteiger partial charge in [-0.15, -0.1) is 0 Å². The monoisotopic (exact) mass is 330 g/mol. The summed E-state index contributed by atoms with van der Waals surface area (Å²) in [5, 5.41) is 0. The molecule has 5 heteroatoms. The zero-order chi connectivity index (χ0) is 13.9. The van der Waals surface area contributed by atoms with Gasteiger partial charge in [-0.2, -0.15) is 0 Å². The second-order valence-corrected chi connectivity index (χ2v) is 5.15. The van der Waals surface area contributed by atoms with Crippen LogP contribution in [0.4, 0.5) is 0 Å². The molecule has 0 fully saturated rings. The molecular formula is C15H11BrN2O2. The molecule has 0 amide bonds. The lowest BCUT2D eigenvalue weighted by Crippen LogP contribution is -2.07. The third-order valence-corrected chi connectivity index (χ3v) is 3.51. The first-order valence-corrected chi connectivity index (χ1v) is 6.87. The predicted octanol–water partition coefficient (Wildman–Crippen LogP) is 3.26. The van der Waals surface area contributed by atoms with E-state index in [1.165, 1.54) is 6.20 Å². The Bertz CT molecular complexity index is 800. The van der Waals surface area contributed by atoms with Crippen molar-refractivity contribution in [3.05, 3.63) is 69.1 Å². The molecule has 0 aliphatic heterocycles. The summed E-state index contributed by atoms with van der Waals surface area (Å²) in [6.07, 6.45) is 1.26. The van der Waals surface area contributed by atoms with E-state index in [9.17, 15) is 4.79 Å². The first-order valence-electron chi connectivity index (χ1n) is 6.08. The van der Waals surface area contributed by atoms with Gasteiger partial charge >= 0.3 is 0 Å². The Hall–Kier alpha value is -2.14. The number of hydrogen-bond donors (Lipinski definition) is 1. The number of aromatic amines is 1. The first kappa shape index (κ1) is 12.9. The SMILES string of the molecule is O=c1cnc2ccc(Br)c(OCc3ccccc3)c2[nH]1. The van der Waals surface area contributed by atoms with E-state index in [0.717, 1.165) is 10.0 Å². The van der Waals surface area contributed by atoms with Crippen molar-refractivity contribution < 1.29 is 4.74 Å². The molecule has 0 radical (unpaired) electrons. The van der Waals surface area contributed by atoms with E-state index in [0.29, 0.717) is 23.4 Å². The number of hydrogen-bond acceptors (Lipinski definition) is 3. The molecule has 0 spiro atoms. The van der Waals surface area contributed by atoms with Crippen LogP contribution in [0.25, 0.3) is 11.0 Å². The predicted molar refractivity (Wildman–Crippen MR) is 80.8 cm³/mol. The molecule has 0 saturated heterocycles. The largest absolute Gasteiger partial charge is 0.485 e. The second kappa shape index (κ2) is 5.46. The molecule has 4 nitrogen and oxygen atoms in total. The molecule has 0 saturated carbocycles. The van der Waals surface area contributed by atoms with Crippen LogP contribution in [0.5, 0.6) is 5.75 Å². The molecular weight excluding hydrogens is 320 g/mol. The van der Waals surface area contributed by atoms with E-state index in [4.69, 9.17) is 4.74 Å². The van der Waals surface area contributed by atoms with Crippen molar-refractivity contribution in [2.45, 2.75) is 6.61 Å². The third kappa shape index (κ3) is 2.58. The van der Waals surface area contributed by atoms with E-state index in [-0.39, 0.29) is 5.56 Å². The summed E-state index contributed by atoms with van der Waals surface area (Å²) < 4.78 is 6.62. The normalized spacial score (nSPS) is 10.7. The van der Waals surface area contributed by atoms with Gasteiger partial charge in [0.25, 0.3) is 5.56 Å². The zero-order valence-corrected chi connectivity index (χ0v) is 12.1. The van der Waals surface area contributed by atoms with Crippen molar-refractivity contribution in [1.82, 2.24) is 9.97 Å². The van der Waals surface area contributed by atoms with Crippen molar-refractivity contribution in [1.29, 1.82) is 0 Å². The van der Waals surface area contributed by atoms with Gasteiger partial charge in [-0.25, -0.2) is 4.98 Å². The van der Waals surface area contributed by atoms with Crippen LogP contribution in [0.1, 0.15) is 5.56 Å². The van der Waals surface area contributed by atoms with Gasteiger partial charge in [-0.3, -0.25) is 4.79 Å². The Morgan fingerprint density at radius 1 is 1.15 bits per heavy atom. The summed E-state index contributed by atoms with van der Waals surface area (Å²) in [6, 6.07) is 13.5. The maximum Gasteiger partial charge on any atom is 0.266 e. The molecule has 0 aliphatic carbocycles. The maximum absolute atomic E-state index is 11.4. The Balaban J connectivity index is 2.00. The Kier molecular flexibility index (Phi) is 3.52. The summed E-state index contributed by atoms with van der Waals surface area (Å²) in [7, 11) is 0. The minimum atomic E-state index is -0.250. The minimum Gasteiger partial charge on any atom is -0.485 e. The molecule has 3 rings (SSSR count). The van der Waals surface area contributed by atoms with E-state index in [2.05, 4.69) is 25.9 Å². The van der Waals surface area contributed by atoms with Crippen LogP contribution < -0.4 is 10.3 Å². The van der Waals surface area contributed by atoms with Crippen LogP contribution in [0.2, 0.25) is 0 Å². The van der Waals surface area contributed by atoms with Crippen LogP contribution >= 0.6 is 15.9 Å². The van der Waals surface area contributed by atoms with E-state index in [1.54, 1.807) is 0 Å². The molecule has 20 heavy (non-hydrogen) atoms. The van der Waals surface area contributed by atoms with Crippen LogP contribution in [-0.2, 0) is 6.61 Å². The lowest BCUT2D eigenvalue weighted by Gasteiger charge is -2.10. The van der Waals surface area contributed by atoms with Crippen LogP contribution in [0.3, 0.4) is 0 Å².